The fraction of sp³-hybridized carbons (Fsp3) is 0.238. The summed E-state index contributed by atoms with van der Waals surface area (Å²) in [4.78, 5) is 4.93. The lowest BCUT2D eigenvalue weighted by Crippen LogP contribution is -2.41. The van der Waals surface area contributed by atoms with Crippen LogP contribution in [0.15, 0.2) is 60.0 Å². The molecule has 1 aliphatic heterocycles. The summed E-state index contributed by atoms with van der Waals surface area (Å²) in [6.45, 7) is 2.01. The van der Waals surface area contributed by atoms with Crippen LogP contribution in [0.4, 0.5) is 10.8 Å². The molecule has 26 heavy (non-hydrogen) atoms. The average molecular weight is 360 g/mol. The van der Waals surface area contributed by atoms with Crippen molar-refractivity contribution < 1.29 is 0 Å². The van der Waals surface area contributed by atoms with Crippen molar-refractivity contribution in [1.82, 2.24) is 10.3 Å². The average Bonchev–Trinajstić information content (AvgIpc) is 3.19. The minimum Gasteiger partial charge on any atom is -0.332 e. The number of rotatable bonds is 4. The molecule has 0 atom stereocenters. The van der Waals surface area contributed by atoms with Gasteiger partial charge in [0.05, 0.1) is 17.3 Å². The summed E-state index contributed by atoms with van der Waals surface area (Å²) in [5.41, 5.74) is 4.08. The maximum Gasteiger partial charge on any atom is 0.187 e. The van der Waals surface area contributed by atoms with Crippen molar-refractivity contribution in [2.75, 3.05) is 18.4 Å². The summed E-state index contributed by atoms with van der Waals surface area (Å²) in [7, 11) is 0. The molecule has 1 saturated heterocycles. The van der Waals surface area contributed by atoms with Gasteiger partial charge in [-0.3, -0.25) is 0 Å². The third-order valence-electron chi connectivity index (χ3n) is 5.04. The van der Waals surface area contributed by atoms with Crippen LogP contribution in [0, 0.1) is 11.3 Å². The van der Waals surface area contributed by atoms with E-state index in [4.69, 9.17) is 10.2 Å². The van der Waals surface area contributed by atoms with Crippen LogP contribution in [0.5, 0.6) is 0 Å². The van der Waals surface area contributed by atoms with Crippen LogP contribution >= 0.6 is 11.3 Å². The first-order chi connectivity index (χ1) is 12.8. The molecule has 3 aromatic rings. The molecule has 1 aromatic heterocycles. The van der Waals surface area contributed by atoms with E-state index in [1.54, 1.807) is 11.3 Å². The van der Waals surface area contributed by atoms with Gasteiger partial charge in [-0.1, -0.05) is 30.3 Å². The molecule has 4 rings (SSSR count). The van der Waals surface area contributed by atoms with Crippen LogP contribution in [0.2, 0.25) is 0 Å². The zero-order valence-corrected chi connectivity index (χ0v) is 15.2. The lowest BCUT2D eigenvalue weighted by atomic mass is 9.71. The Labute approximate surface area is 157 Å². The highest BCUT2D eigenvalue weighted by Crippen LogP contribution is 2.41. The number of hydrogen-bond donors (Lipinski definition) is 2. The Bertz CT molecular complexity index is 903. The van der Waals surface area contributed by atoms with E-state index >= 15 is 0 Å². The number of hydrogen-bond acceptors (Lipinski definition) is 5. The normalized spacial score (nSPS) is 16.0. The maximum absolute atomic E-state index is 8.92. The third-order valence-corrected chi connectivity index (χ3v) is 5.80. The topological polar surface area (TPSA) is 60.7 Å². The number of benzene rings is 2. The number of nitriles is 1. The van der Waals surface area contributed by atoms with Crippen LogP contribution in [0.25, 0.3) is 0 Å². The number of anilines is 2. The summed E-state index contributed by atoms with van der Waals surface area (Å²) in [6, 6.07) is 20.3. The second-order valence-corrected chi connectivity index (χ2v) is 7.41. The van der Waals surface area contributed by atoms with Gasteiger partial charge in [0, 0.05) is 16.5 Å². The van der Waals surface area contributed by atoms with Crippen LogP contribution < -0.4 is 10.6 Å². The monoisotopic (exact) mass is 360 g/mol. The van der Waals surface area contributed by atoms with Gasteiger partial charge in [-0.25, -0.2) is 4.98 Å². The minimum absolute atomic E-state index is 0.0202. The summed E-state index contributed by atoms with van der Waals surface area (Å²) in [5, 5.41) is 18.8. The van der Waals surface area contributed by atoms with Gasteiger partial charge in [0.1, 0.15) is 0 Å². The number of aromatic nitrogens is 1. The van der Waals surface area contributed by atoms with Gasteiger partial charge in [-0.15, -0.1) is 11.3 Å². The number of nitrogens with one attached hydrogen (secondary N) is 2. The number of piperidine rings is 1. The number of thiazole rings is 1. The Kier molecular flexibility index (Phi) is 4.70. The molecule has 0 aliphatic carbocycles. The number of nitrogens with zero attached hydrogens (tertiary/aromatic N) is 2. The molecule has 130 valence electrons. The first kappa shape index (κ1) is 16.8. The first-order valence-electron chi connectivity index (χ1n) is 8.80. The smallest absolute Gasteiger partial charge is 0.187 e. The van der Waals surface area contributed by atoms with Crippen LogP contribution in [0.1, 0.15) is 29.7 Å². The van der Waals surface area contributed by atoms with Crippen molar-refractivity contribution in [2.45, 2.75) is 18.3 Å². The first-order valence-corrected chi connectivity index (χ1v) is 9.68. The molecule has 4 nitrogen and oxygen atoms in total. The van der Waals surface area contributed by atoms with Crippen molar-refractivity contribution in [2.24, 2.45) is 0 Å². The van der Waals surface area contributed by atoms with Crippen molar-refractivity contribution in [3.63, 3.8) is 0 Å². The molecule has 0 unspecified atom stereocenters. The van der Waals surface area contributed by atoms with E-state index in [1.165, 1.54) is 5.56 Å². The predicted octanol–water partition coefficient (Wildman–Crippen LogP) is 4.43. The Morgan fingerprint density at radius 2 is 1.77 bits per heavy atom. The second kappa shape index (κ2) is 7.28. The predicted molar refractivity (Wildman–Crippen MR) is 106 cm³/mol. The Morgan fingerprint density at radius 3 is 2.46 bits per heavy atom. The molecule has 0 radical (unpaired) electrons. The highest BCUT2D eigenvalue weighted by Gasteiger charge is 2.37. The van der Waals surface area contributed by atoms with E-state index in [0.29, 0.717) is 5.56 Å². The van der Waals surface area contributed by atoms with E-state index in [2.05, 4.69) is 52.4 Å². The molecule has 1 aliphatic rings. The third kappa shape index (κ3) is 3.22. The van der Waals surface area contributed by atoms with Crippen LogP contribution in [-0.4, -0.2) is 18.1 Å². The molecule has 0 spiro atoms. The van der Waals surface area contributed by atoms with Crippen molar-refractivity contribution in [3.05, 3.63) is 76.8 Å². The lowest BCUT2D eigenvalue weighted by Gasteiger charge is -2.37. The Balaban J connectivity index is 1.63. The van der Waals surface area contributed by atoms with Gasteiger partial charge >= 0.3 is 0 Å². The van der Waals surface area contributed by atoms with Gasteiger partial charge < -0.3 is 10.6 Å². The van der Waals surface area contributed by atoms with Gasteiger partial charge in [0.25, 0.3) is 0 Å². The summed E-state index contributed by atoms with van der Waals surface area (Å²) < 4.78 is 0. The van der Waals surface area contributed by atoms with Crippen molar-refractivity contribution >= 4 is 22.2 Å². The summed E-state index contributed by atoms with van der Waals surface area (Å²) in [6.07, 6.45) is 2.11. The summed E-state index contributed by atoms with van der Waals surface area (Å²) in [5.74, 6) is 0. The molecule has 0 amide bonds. The summed E-state index contributed by atoms with van der Waals surface area (Å²) >= 11 is 1.63. The fourth-order valence-corrected chi connectivity index (χ4v) is 4.44. The largest absolute Gasteiger partial charge is 0.332 e. The van der Waals surface area contributed by atoms with E-state index in [-0.39, 0.29) is 5.41 Å². The highest BCUT2D eigenvalue weighted by molar-refractivity contribution is 7.13. The minimum atomic E-state index is -0.0202. The SMILES string of the molecule is N#Cc1ccc(Nc2nc(C3(c4ccccc4)CCNCC3)cs2)cc1. The molecule has 2 N–H and O–H groups in total. The molecule has 0 bridgehead atoms. The Hall–Kier alpha value is -2.68. The van der Waals surface area contributed by atoms with Gasteiger partial charge in [0.2, 0.25) is 0 Å². The maximum atomic E-state index is 8.92. The zero-order valence-electron chi connectivity index (χ0n) is 14.4. The van der Waals surface area contributed by atoms with Gasteiger partial charge in [-0.05, 0) is 55.8 Å². The van der Waals surface area contributed by atoms with E-state index < -0.39 is 0 Å². The van der Waals surface area contributed by atoms with Gasteiger partial charge in [0.15, 0.2) is 5.13 Å². The molecule has 2 heterocycles. The lowest BCUT2D eigenvalue weighted by molar-refractivity contribution is 0.356. The zero-order chi connectivity index (χ0) is 17.8. The van der Waals surface area contributed by atoms with E-state index in [1.807, 2.05) is 24.3 Å². The standard InChI is InChI=1S/C21H20N4S/c22-14-16-6-8-18(9-7-16)24-20-25-19(15-26-20)21(10-12-23-13-11-21)17-4-2-1-3-5-17/h1-9,15,23H,10-13H2,(H,24,25). The quantitative estimate of drug-likeness (QED) is 0.723. The Morgan fingerprint density at radius 1 is 1.04 bits per heavy atom. The molecule has 1 fully saturated rings. The van der Waals surface area contributed by atoms with Gasteiger partial charge in [-0.2, -0.15) is 5.26 Å². The second-order valence-electron chi connectivity index (χ2n) is 6.55. The molecule has 5 heteroatoms. The van der Waals surface area contributed by atoms with Crippen LogP contribution in [0.3, 0.4) is 0 Å². The van der Waals surface area contributed by atoms with Crippen molar-refractivity contribution in [1.29, 1.82) is 5.26 Å². The van der Waals surface area contributed by atoms with E-state index in [0.717, 1.165) is 42.4 Å². The molecular formula is C21H20N4S. The van der Waals surface area contributed by atoms with Crippen LogP contribution in [-0.2, 0) is 5.41 Å². The highest BCUT2D eigenvalue weighted by atomic mass is 32.1. The molecular weight excluding hydrogens is 340 g/mol. The molecule has 2 aromatic carbocycles. The molecule has 0 saturated carbocycles. The fourth-order valence-electron chi connectivity index (χ4n) is 3.61. The van der Waals surface area contributed by atoms with Crippen molar-refractivity contribution in [3.8, 4) is 6.07 Å². The van der Waals surface area contributed by atoms with E-state index in [9.17, 15) is 0 Å².